The standard InChI is InChI=1S/C22H26N2O4S/c25-21(20-13-7-15-24(20)22(26)19-11-5-2-6-12-19)23-14-8-16-29(27,28)17-18-9-3-1-4-10-18/h1-6,9-12,20H,7-8,13-17H2,(H,23,25). The molecule has 7 heteroatoms. The number of carbonyl (C=O) groups excluding carboxylic acids is 2. The number of likely N-dealkylation sites (tertiary alicyclic amines) is 1. The fraction of sp³-hybridized carbons (Fsp3) is 0.364. The summed E-state index contributed by atoms with van der Waals surface area (Å²) in [6.07, 6.45) is 1.75. The van der Waals surface area contributed by atoms with Gasteiger partial charge in [-0.15, -0.1) is 0 Å². The molecule has 1 saturated heterocycles. The number of hydrogen-bond acceptors (Lipinski definition) is 4. The molecule has 1 N–H and O–H groups in total. The molecule has 1 atom stereocenters. The fourth-order valence-corrected chi connectivity index (χ4v) is 4.98. The van der Waals surface area contributed by atoms with E-state index >= 15 is 0 Å². The molecule has 0 radical (unpaired) electrons. The number of carbonyl (C=O) groups is 2. The Morgan fingerprint density at radius 2 is 1.66 bits per heavy atom. The molecule has 3 rings (SSSR count). The van der Waals surface area contributed by atoms with Crippen molar-refractivity contribution in [3.63, 3.8) is 0 Å². The number of benzene rings is 2. The summed E-state index contributed by atoms with van der Waals surface area (Å²) in [4.78, 5) is 26.8. The molecule has 6 nitrogen and oxygen atoms in total. The van der Waals surface area contributed by atoms with Crippen molar-refractivity contribution in [1.82, 2.24) is 10.2 Å². The fourth-order valence-electron chi connectivity index (χ4n) is 3.55. The van der Waals surface area contributed by atoms with Gasteiger partial charge in [0.1, 0.15) is 6.04 Å². The molecule has 1 aliphatic rings. The third kappa shape index (κ3) is 5.90. The zero-order chi connectivity index (χ0) is 20.7. The highest BCUT2D eigenvalue weighted by Gasteiger charge is 2.34. The first-order valence-electron chi connectivity index (χ1n) is 9.84. The predicted molar refractivity (Wildman–Crippen MR) is 112 cm³/mol. The second-order valence-electron chi connectivity index (χ2n) is 7.24. The van der Waals surface area contributed by atoms with Crippen LogP contribution in [0.25, 0.3) is 0 Å². The van der Waals surface area contributed by atoms with Crippen molar-refractivity contribution in [2.45, 2.75) is 31.1 Å². The van der Waals surface area contributed by atoms with E-state index in [0.717, 1.165) is 12.0 Å². The van der Waals surface area contributed by atoms with Crippen LogP contribution in [0.1, 0.15) is 35.2 Å². The molecule has 1 unspecified atom stereocenters. The third-order valence-electron chi connectivity index (χ3n) is 5.00. The molecule has 154 valence electrons. The summed E-state index contributed by atoms with van der Waals surface area (Å²) in [5.41, 5.74) is 1.33. The minimum absolute atomic E-state index is 0.00374. The molecule has 0 aromatic heterocycles. The van der Waals surface area contributed by atoms with E-state index in [2.05, 4.69) is 5.32 Å². The van der Waals surface area contributed by atoms with Gasteiger partial charge in [0.25, 0.3) is 5.91 Å². The summed E-state index contributed by atoms with van der Waals surface area (Å²) in [6.45, 7) is 0.827. The summed E-state index contributed by atoms with van der Waals surface area (Å²) in [6, 6.07) is 17.5. The molecule has 1 aliphatic heterocycles. The number of hydrogen-bond donors (Lipinski definition) is 1. The lowest BCUT2D eigenvalue weighted by molar-refractivity contribution is -0.124. The zero-order valence-electron chi connectivity index (χ0n) is 16.3. The molecular formula is C22H26N2O4S. The van der Waals surface area contributed by atoms with E-state index in [1.165, 1.54) is 0 Å². The van der Waals surface area contributed by atoms with Crippen molar-refractivity contribution >= 4 is 21.7 Å². The first-order valence-corrected chi connectivity index (χ1v) is 11.7. The van der Waals surface area contributed by atoms with E-state index in [0.29, 0.717) is 24.9 Å². The van der Waals surface area contributed by atoms with Gasteiger partial charge in [-0.25, -0.2) is 8.42 Å². The first-order chi connectivity index (χ1) is 14.0. The molecule has 1 heterocycles. The molecule has 1 fully saturated rings. The smallest absolute Gasteiger partial charge is 0.254 e. The van der Waals surface area contributed by atoms with Gasteiger partial charge in [-0.3, -0.25) is 9.59 Å². The predicted octanol–water partition coefficient (Wildman–Crippen LogP) is 2.41. The average molecular weight is 415 g/mol. The highest BCUT2D eigenvalue weighted by atomic mass is 32.2. The van der Waals surface area contributed by atoms with Gasteiger partial charge in [0, 0.05) is 18.7 Å². The Balaban J connectivity index is 1.47. The van der Waals surface area contributed by atoms with E-state index in [1.807, 2.05) is 24.3 Å². The van der Waals surface area contributed by atoms with Gasteiger partial charge in [0.15, 0.2) is 9.84 Å². The number of rotatable bonds is 8. The van der Waals surface area contributed by atoms with Crippen molar-refractivity contribution in [1.29, 1.82) is 0 Å². The quantitative estimate of drug-likeness (QED) is 0.673. The Morgan fingerprint density at radius 1 is 1.00 bits per heavy atom. The number of sulfone groups is 1. The van der Waals surface area contributed by atoms with E-state index < -0.39 is 15.9 Å². The topological polar surface area (TPSA) is 83.6 Å². The number of nitrogens with zero attached hydrogens (tertiary/aromatic N) is 1. The van der Waals surface area contributed by atoms with Gasteiger partial charge in [-0.2, -0.15) is 0 Å². The molecule has 2 aromatic carbocycles. The van der Waals surface area contributed by atoms with Crippen LogP contribution in [0, 0.1) is 0 Å². The highest BCUT2D eigenvalue weighted by molar-refractivity contribution is 7.90. The van der Waals surface area contributed by atoms with Gasteiger partial charge >= 0.3 is 0 Å². The van der Waals surface area contributed by atoms with Crippen LogP contribution in [0.5, 0.6) is 0 Å². The first kappa shape index (κ1) is 21.0. The maximum atomic E-state index is 12.7. The van der Waals surface area contributed by atoms with Gasteiger partial charge in [-0.1, -0.05) is 48.5 Å². The van der Waals surface area contributed by atoms with Crippen LogP contribution in [-0.4, -0.2) is 50.0 Å². The molecular weight excluding hydrogens is 388 g/mol. The van der Waals surface area contributed by atoms with Crippen molar-refractivity contribution in [2.75, 3.05) is 18.8 Å². The van der Waals surface area contributed by atoms with Crippen molar-refractivity contribution in [2.24, 2.45) is 0 Å². The van der Waals surface area contributed by atoms with Crippen molar-refractivity contribution in [3.05, 3.63) is 71.8 Å². The van der Waals surface area contributed by atoms with Gasteiger partial charge in [-0.05, 0) is 37.0 Å². The maximum Gasteiger partial charge on any atom is 0.254 e. The van der Waals surface area contributed by atoms with Gasteiger partial charge in [0.2, 0.25) is 5.91 Å². The van der Waals surface area contributed by atoms with Crippen LogP contribution in [-0.2, 0) is 20.4 Å². The molecule has 0 spiro atoms. The third-order valence-corrected chi connectivity index (χ3v) is 6.68. The molecule has 0 saturated carbocycles. The van der Waals surface area contributed by atoms with Crippen LogP contribution in [0.2, 0.25) is 0 Å². The summed E-state index contributed by atoms with van der Waals surface area (Å²) in [7, 11) is -3.23. The highest BCUT2D eigenvalue weighted by Crippen LogP contribution is 2.20. The number of amides is 2. The van der Waals surface area contributed by atoms with Gasteiger partial charge in [0.05, 0.1) is 11.5 Å². The lowest BCUT2D eigenvalue weighted by atomic mass is 10.1. The van der Waals surface area contributed by atoms with E-state index in [1.54, 1.807) is 41.3 Å². The van der Waals surface area contributed by atoms with Crippen LogP contribution < -0.4 is 5.32 Å². The molecule has 29 heavy (non-hydrogen) atoms. The minimum Gasteiger partial charge on any atom is -0.354 e. The normalized spacial score (nSPS) is 16.6. The Bertz CT molecular complexity index is 930. The maximum absolute atomic E-state index is 12.7. The lowest BCUT2D eigenvalue weighted by Gasteiger charge is -2.24. The second-order valence-corrected chi connectivity index (χ2v) is 9.43. The Kier molecular flexibility index (Phi) is 7.04. The average Bonchev–Trinajstić information content (AvgIpc) is 3.21. The SMILES string of the molecule is O=C(NCCCS(=O)(=O)Cc1ccccc1)C1CCCN1C(=O)c1ccccc1. The second kappa shape index (κ2) is 9.69. The molecule has 0 aliphatic carbocycles. The van der Waals surface area contributed by atoms with Crippen molar-refractivity contribution in [3.8, 4) is 0 Å². The Hall–Kier alpha value is -2.67. The monoisotopic (exact) mass is 414 g/mol. The largest absolute Gasteiger partial charge is 0.354 e. The lowest BCUT2D eigenvalue weighted by Crippen LogP contribution is -2.46. The Morgan fingerprint density at radius 3 is 2.34 bits per heavy atom. The van der Waals surface area contributed by atoms with Crippen LogP contribution >= 0.6 is 0 Å². The molecule has 2 amide bonds. The van der Waals surface area contributed by atoms with Gasteiger partial charge < -0.3 is 10.2 Å². The summed E-state index contributed by atoms with van der Waals surface area (Å²) >= 11 is 0. The minimum atomic E-state index is -3.23. The summed E-state index contributed by atoms with van der Waals surface area (Å²) in [5.74, 6) is -0.343. The number of nitrogens with one attached hydrogen (secondary N) is 1. The van der Waals surface area contributed by atoms with Crippen molar-refractivity contribution < 1.29 is 18.0 Å². The van der Waals surface area contributed by atoms with E-state index in [4.69, 9.17) is 0 Å². The molecule has 0 bridgehead atoms. The van der Waals surface area contributed by atoms with Crippen LogP contribution in [0.15, 0.2) is 60.7 Å². The zero-order valence-corrected chi connectivity index (χ0v) is 17.1. The van der Waals surface area contributed by atoms with E-state index in [-0.39, 0.29) is 29.9 Å². The van der Waals surface area contributed by atoms with E-state index in [9.17, 15) is 18.0 Å². The molecule has 2 aromatic rings. The summed E-state index contributed by atoms with van der Waals surface area (Å²) < 4.78 is 24.5. The summed E-state index contributed by atoms with van der Waals surface area (Å²) in [5, 5.41) is 2.80. The van der Waals surface area contributed by atoms with Crippen LogP contribution in [0.4, 0.5) is 0 Å². The Labute approximate surface area is 171 Å². The van der Waals surface area contributed by atoms with Crippen LogP contribution in [0.3, 0.4) is 0 Å².